The maximum atomic E-state index is 12.3. The topological polar surface area (TPSA) is 122 Å². The van der Waals surface area contributed by atoms with E-state index >= 15 is 0 Å². The minimum absolute atomic E-state index is 0.496. The van der Waals surface area contributed by atoms with Crippen molar-refractivity contribution in [1.29, 1.82) is 0 Å². The monoisotopic (exact) mass is 481 g/mol. The second kappa shape index (κ2) is 9.74. The molecule has 1 aliphatic heterocycles. The van der Waals surface area contributed by atoms with Crippen LogP contribution in [-0.2, 0) is 14.8 Å². The van der Waals surface area contributed by atoms with Gasteiger partial charge in [-0.15, -0.1) is 0 Å². The highest BCUT2D eigenvalue weighted by molar-refractivity contribution is 7.92. The van der Waals surface area contributed by atoms with Crippen LogP contribution in [0.1, 0.15) is 23.5 Å². The van der Waals surface area contributed by atoms with Crippen LogP contribution in [0.15, 0.2) is 42.7 Å². The molecular weight excluding hydrogens is 454 g/mol. The third kappa shape index (κ3) is 5.67. The number of hydrogen-bond acceptors (Lipinski definition) is 9. The van der Waals surface area contributed by atoms with Crippen molar-refractivity contribution in [2.24, 2.45) is 0 Å². The van der Waals surface area contributed by atoms with Gasteiger partial charge in [-0.25, -0.2) is 28.4 Å². The third-order valence-corrected chi connectivity index (χ3v) is 6.46. The van der Waals surface area contributed by atoms with E-state index in [9.17, 15) is 8.42 Å². The molecule has 0 aliphatic carbocycles. The number of aryl methyl sites for hydroxylation is 2. The zero-order valence-corrected chi connectivity index (χ0v) is 20.3. The number of anilines is 5. The molecule has 2 N–H and O–H groups in total. The smallest absolute Gasteiger partial charge is 0.232 e. The zero-order chi connectivity index (χ0) is 24.3. The van der Waals surface area contributed by atoms with E-state index in [0.717, 1.165) is 23.3 Å². The van der Waals surface area contributed by atoms with Crippen LogP contribution in [0.4, 0.5) is 28.8 Å². The van der Waals surface area contributed by atoms with E-state index in [2.05, 4.69) is 36.6 Å². The molecule has 4 rings (SSSR count). The standard InChI is InChI=1S/C23H27N7O3S/c1-15-10-23(27-16(2)26-15)29-22-12-21(24-14-25-22)28-19-8-7-17(18-6-5-9-33-13-18)11-20(19)30(3)34(4,31)32/h6-8,10-12,14H,5,9,13H2,1-4H3,(H2,24,25,26,27,28,29). The number of aromatic nitrogens is 4. The highest BCUT2D eigenvalue weighted by Crippen LogP contribution is 2.33. The summed E-state index contributed by atoms with van der Waals surface area (Å²) in [6.45, 7) is 4.91. The maximum absolute atomic E-state index is 12.3. The summed E-state index contributed by atoms with van der Waals surface area (Å²) >= 11 is 0. The van der Waals surface area contributed by atoms with Crippen LogP contribution >= 0.6 is 0 Å². The van der Waals surface area contributed by atoms with Gasteiger partial charge >= 0.3 is 0 Å². The Kier molecular flexibility index (Phi) is 6.75. The Morgan fingerprint density at radius 3 is 2.44 bits per heavy atom. The molecule has 2 aromatic heterocycles. The first-order chi connectivity index (χ1) is 16.2. The van der Waals surface area contributed by atoms with Crippen molar-refractivity contribution in [3.05, 3.63) is 59.8 Å². The van der Waals surface area contributed by atoms with Gasteiger partial charge in [0, 0.05) is 24.9 Å². The van der Waals surface area contributed by atoms with Crippen molar-refractivity contribution in [2.75, 3.05) is 41.5 Å². The number of nitrogens with zero attached hydrogens (tertiary/aromatic N) is 5. The number of benzene rings is 1. The first-order valence-electron chi connectivity index (χ1n) is 10.7. The average molecular weight is 482 g/mol. The summed E-state index contributed by atoms with van der Waals surface area (Å²) < 4.78 is 31.5. The van der Waals surface area contributed by atoms with Gasteiger partial charge in [-0.2, -0.15) is 0 Å². The molecule has 0 saturated carbocycles. The Morgan fingerprint density at radius 2 is 1.76 bits per heavy atom. The quantitative estimate of drug-likeness (QED) is 0.521. The van der Waals surface area contributed by atoms with Crippen molar-refractivity contribution in [2.45, 2.75) is 20.3 Å². The molecule has 178 valence electrons. The summed E-state index contributed by atoms with van der Waals surface area (Å²) in [7, 11) is -1.97. The first kappa shape index (κ1) is 23.6. The Hall–Kier alpha value is -3.57. The van der Waals surface area contributed by atoms with Gasteiger partial charge in [-0.05, 0) is 43.5 Å². The second-order valence-corrected chi connectivity index (χ2v) is 10.0. The molecule has 11 heteroatoms. The minimum Gasteiger partial charge on any atom is -0.376 e. The fraction of sp³-hybridized carbons (Fsp3) is 0.304. The van der Waals surface area contributed by atoms with Crippen molar-refractivity contribution in [3.63, 3.8) is 0 Å². The van der Waals surface area contributed by atoms with Gasteiger partial charge in [0.05, 0.1) is 30.8 Å². The van der Waals surface area contributed by atoms with Crippen molar-refractivity contribution >= 4 is 44.4 Å². The zero-order valence-electron chi connectivity index (χ0n) is 19.5. The molecule has 0 amide bonds. The van der Waals surface area contributed by atoms with Gasteiger partial charge < -0.3 is 15.4 Å². The maximum Gasteiger partial charge on any atom is 0.232 e. The van der Waals surface area contributed by atoms with Crippen LogP contribution in [0.2, 0.25) is 0 Å². The Balaban J connectivity index is 1.65. The lowest BCUT2D eigenvalue weighted by molar-refractivity contribution is 0.164. The lowest BCUT2D eigenvalue weighted by Crippen LogP contribution is -2.25. The SMILES string of the molecule is Cc1cc(Nc2cc(Nc3ccc(C4=CCCOC4)cc3N(C)S(C)(=O)=O)ncn2)nc(C)n1. The van der Waals surface area contributed by atoms with E-state index in [1.165, 1.54) is 23.9 Å². The summed E-state index contributed by atoms with van der Waals surface area (Å²) in [5.74, 6) is 2.31. The summed E-state index contributed by atoms with van der Waals surface area (Å²) in [5.41, 5.74) is 3.88. The molecule has 0 bridgehead atoms. The van der Waals surface area contributed by atoms with E-state index in [-0.39, 0.29) is 0 Å². The molecular formula is C23H27N7O3S. The van der Waals surface area contributed by atoms with E-state index in [1.54, 1.807) is 6.07 Å². The van der Waals surface area contributed by atoms with Gasteiger partial charge in [0.15, 0.2) is 0 Å². The van der Waals surface area contributed by atoms with Crippen LogP contribution in [0, 0.1) is 13.8 Å². The van der Waals surface area contributed by atoms with Gasteiger partial charge in [-0.3, -0.25) is 4.31 Å². The van der Waals surface area contributed by atoms with Crippen LogP contribution in [-0.4, -0.2) is 54.9 Å². The van der Waals surface area contributed by atoms with Gasteiger partial charge in [0.1, 0.15) is 29.6 Å². The largest absolute Gasteiger partial charge is 0.376 e. The molecule has 3 aromatic rings. The summed E-state index contributed by atoms with van der Waals surface area (Å²) in [6, 6.07) is 9.17. The number of nitrogens with one attached hydrogen (secondary N) is 2. The van der Waals surface area contributed by atoms with Crippen LogP contribution in [0.5, 0.6) is 0 Å². The summed E-state index contributed by atoms with van der Waals surface area (Å²) in [5, 5.41) is 6.38. The average Bonchev–Trinajstić information content (AvgIpc) is 2.78. The predicted molar refractivity (Wildman–Crippen MR) is 133 cm³/mol. The van der Waals surface area contributed by atoms with Gasteiger partial charge in [-0.1, -0.05) is 12.1 Å². The molecule has 1 aliphatic rings. The number of ether oxygens (including phenoxy) is 1. The molecule has 0 radical (unpaired) electrons. The Morgan fingerprint density at radius 1 is 1.00 bits per heavy atom. The van der Waals surface area contributed by atoms with Gasteiger partial charge in [0.2, 0.25) is 10.0 Å². The Bertz CT molecular complexity index is 1320. The number of sulfonamides is 1. The molecule has 0 saturated heterocycles. The van der Waals surface area contributed by atoms with E-state index in [0.29, 0.717) is 47.9 Å². The van der Waals surface area contributed by atoms with Crippen molar-refractivity contribution < 1.29 is 13.2 Å². The van der Waals surface area contributed by atoms with Crippen LogP contribution < -0.4 is 14.9 Å². The third-order valence-electron chi connectivity index (χ3n) is 5.27. The molecule has 0 spiro atoms. The van der Waals surface area contributed by atoms with E-state index in [1.807, 2.05) is 38.1 Å². The molecule has 34 heavy (non-hydrogen) atoms. The second-order valence-electron chi connectivity index (χ2n) is 8.01. The lowest BCUT2D eigenvalue weighted by Gasteiger charge is -2.23. The molecule has 3 heterocycles. The number of rotatable bonds is 7. The van der Waals surface area contributed by atoms with Crippen molar-refractivity contribution in [3.8, 4) is 0 Å². The normalized spacial score (nSPS) is 13.8. The fourth-order valence-corrected chi connectivity index (χ4v) is 4.09. The lowest BCUT2D eigenvalue weighted by atomic mass is 10.0. The minimum atomic E-state index is -3.49. The van der Waals surface area contributed by atoms with E-state index in [4.69, 9.17) is 4.74 Å². The Labute approximate surface area is 199 Å². The summed E-state index contributed by atoms with van der Waals surface area (Å²) in [6.07, 6.45) is 5.54. The predicted octanol–water partition coefficient (Wildman–Crippen LogP) is 3.57. The highest BCUT2D eigenvalue weighted by atomic mass is 32.2. The first-order valence-corrected chi connectivity index (χ1v) is 12.6. The van der Waals surface area contributed by atoms with Crippen molar-refractivity contribution in [1.82, 2.24) is 19.9 Å². The fourth-order valence-electron chi connectivity index (χ4n) is 3.58. The van der Waals surface area contributed by atoms with E-state index < -0.39 is 10.0 Å². The van der Waals surface area contributed by atoms with Gasteiger partial charge in [0.25, 0.3) is 0 Å². The molecule has 0 atom stereocenters. The molecule has 0 fully saturated rings. The summed E-state index contributed by atoms with van der Waals surface area (Å²) in [4.78, 5) is 17.2. The molecule has 10 nitrogen and oxygen atoms in total. The highest BCUT2D eigenvalue weighted by Gasteiger charge is 2.19. The number of hydrogen-bond donors (Lipinski definition) is 2. The molecule has 0 unspecified atom stereocenters. The molecule has 1 aromatic carbocycles. The van der Waals surface area contributed by atoms with Crippen LogP contribution in [0.25, 0.3) is 5.57 Å². The van der Waals surface area contributed by atoms with Crippen LogP contribution in [0.3, 0.4) is 0 Å².